The second-order valence-corrected chi connectivity index (χ2v) is 21.2. The third-order valence-electron chi connectivity index (χ3n) is 9.87. The van der Waals surface area contributed by atoms with E-state index in [0.717, 1.165) is 19.3 Å². The Morgan fingerprint density at radius 3 is 1.13 bits per heavy atom. The van der Waals surface area contributed by atoms with Gasteiger partial charge in [0.25, 0.3) is 20.0 Å². The summed E-state index contributed by atoms with van der Waals surface area (Å²) in [5.41, 5.74) is 1.58. The molecular formula is C49H40N2O12P2S2. The molecule has 0 saturated heterocycles. The van der Waals surface area contributed by atoms with Gasteiger partial charge in [-0.1, -0.05) is 102 Å². The number of benzene rings is 7. The molecule has 0 amide bonds. The first-order valence-corrected chi connectivity index (χ1v) is 25.3. The fourth-order valence-electron chi connectivity index (χ4n) is 6.34. The van der Waals surface area contributed by atoms with E-state index in [2.05, 4.69) is 0 Å². The van der Waals surface area contributed by atoms with Gasteiger partial charge in [0.1, 0.15) is 23.0 Å². The van der Waals surface area contributed by atoms with E-state index in [4.69, 9.17) is 18.1 Å². The van der Waals surface area contributed by atoms with Gasteiger partial charge in [-0.25, -0.2) is 16.8 Å². The van der Waals surface area contributed by atoms with Crippen LogP contribution in [0.5, 0.6) is 23.0 Å². The standard InChI is InChI=1S/C49H40N2O12P2S2/c1-36-23-27-43(28-24-36)66(56,57)50(64(60-46-19-9-4-14-39(46)32-52)61-47-20-10-5-15-40(47)33-53)31-38-13-3-8-18-45(38)51(67(58,59)44-29-25-37(2)26-30-44)65(62-48-21-11-6-16-41(48)34-54)63-49-22-12-7-17-42(49)35-55/h3-30,32-35H,31H2,1-2H3. The van der Waals surface area contributed by atoms with Crippen LogP contribution in [0, 0.1) is 13.8 Å². The summed E-state index contributed by atoms with van der Waals surface area (Å²) in [5, 5.41) is 0. The van der Waals surface area contributed by atoms with Gasteiger partial charge in [0.05, 0.1) is 44.3 Å². The summed E-state index contributed by atoms with van der Waals surface area (Å²) in [6.45, 7) is 2.88. The molecule has 0 fully saturated rings. The first-order valence-electron chi connectivity index (χ1n) is 20.2. The minimum absolute atomic E-state index is 0.0352. The van der Waals surface area contributed by atoms with Crippen LogP contribution >= 0.6 is 17.1 Å². The molecule has 14 nitrogen and oxygen atoms in total. The van der Waals surface area contributed by atoms with Crippen LogP contribution in [0.1, 0.15) is 58.1 Å². The molecule has 0 saturated carbocycles. The Balaban J connectivity index is 1.49. The van der Waals surface area contributed by atoms with E-state index in [0.29, 0.717) is 25.1 Å². The molecule has 0 atom stereocenters. The van der Waals surface area contributed by atoms with Crippen LogP contribution in [0.25, 0.3) is 0 Å². The second kappa shape index (κ2) is 21.5. The summed E-state index contributed by atoms with van der Waals surface area (Å²) in [6.07, 6.45) is 2.10. The van der Waals surface area contributed by atoms with Crippen molar-refractivity contribution in [3.8, 4) is 23.0 Å². The maximum Gasteiger partial charge on any atom is 0.432 e. The zero-order chi connectivity index (χ0) is 47.6. The van der Waals surface area contributed by atoms with Gasteiger partial charge in [-0.3, -0.25) is 19.2 Å². The van der Waals surface area contributed by atoms with Gasteiger partial charge < -0.3 is 18.1 Å². The predicted molar refractivity (Wildman–Crippen MR) is 255 cm³/mol. The molecule has 0 aliphatic rings. The molecule has 18 heteroatoms. The molecule has 7 rings (SSSR count). The highest BCUT2D eigenvalue weighted by Crippen LogP contribution is 2.54. The van der Waals surface area contributed by atoms with Crippen molar-refractivity contribution in [1.29, 1.82) is 0 Å². The minimum atomic E-state index is -4.80. The third-order valence-corrected chi connectivity index (χ3v) is 17.5. The van der Waals surface area contributed by atoms with Crippen LogP contribution in [-0.4, -0.2) is 46.1 Å². The normalized spacial score (nSPS) is 11.5. The molecule has 0 aliphatic heterocycles. The van der Waals surface area contributed by atoms with Crippen LogP contribution in [0.3, 0.4) is 0 Å². The van der Waals surface area contributed by atoms with E-state index in [9.17, 15) is 19.2 Å². The van der Waals surface area contributed by atoms with Gasteiger partial charge in [-0.2, -0.15) is 4.08 Å². The summed E-state index contributed by atoms with van der Waals surface area (Å²) >= 11 is 0. The van der Waals surface area contributed by atoms with Gasteiger partial charge in [-0.05, 0) is 98.3 Å². The van der Waals surface area contributed by atoms with E-state index in [1.807, 2.05) is 0 Å². The Hall–Kier alpha value is -7.06. The number of carbonyl (C=O) groups excluding carboxylic acids is 4. The summed E-state index contributed by atoms with van der Waals surface area (Å²) < 4.78 is 88.8. The van der Waals surface area contributed by atoms with Crippen molar-refractivity contribution >= 4 is 67.9 Å². The number of anilines is 1. The lowest BCUT2D eigenvalue weighted by Crippen LogP contribution is -2.33. The molecule has 0 bridgehead atoms. The summed E-state index contributed by atoms with van der Waals surface area (Å²) in [6, 6.07) is 42.2. The van der Waals surface area contributed by atoms with Crippen molar-refractivity contribution in [2.75, 3.05) is 4.08 Å². The lowest BCUT2D eigenvalue weighted by molar-refractivity contribution is 0.111. The predicted octanol–water partition coefficient (Wildman–Crippen LogP) is 10.7. The van der Waals surface area contributed by atoms with E-state index < -0.39 is 43.6 Å². The Labute approximate surface area is 390 Å². The first-order chi connectivity index (χ1) is 32.4. The maximum atomic E-state index is 15.4. The number of sulfonamides is 2. The number of aldehydes is 4. The second-order valence-electron chi connectivity index (χ2n) is 14.5. The fourth-order valence-corrected chi connectivity index (χ4v) is 13.2. The molecule has 0 unspecified atom stereocenters. The van der Waals surface area contributed by atoms with Crippen molar-refractivity contribution in [1.82, 2.24) is 4.08 Å². The number of carbonyl (C=O) groups is 4. The summed E-state index contributed by atoms with van der Waals surface area (Å²) in [7, 11) is -15.5. The van der Waals surface area contributed by atoms with Crippen molar-refractivity contribution in [2.45, 2.75) is 30.2 Å². The highest BCUT2D eigenvalue weighted by atomic mass is 32.2. The van der Waals surface area contributed by atoms with Crippen molar-refractivity contribution in [3.63, 3.8) is 0 Å². The lowest BCUT2D eigenvalue weighted by atomic mass is 10.2. The molecule has 7 aromatic carbocycles. The van der Waals surface area contributed by atoms with Crippen LogP contribution < -0.4 is 22.2 Å². The third kappa shape index (κ3) is 11.0. The largest absolute Gasteiger partial charge is 0.432 e. The average Bonchev–Trinajstić information content (AvgIpc) is 3.34. The molecule has 0 spiro atoms. The van der Waals surface area contributed by atoms with Crippen LogP contribution in [0.15, 0.2) is 180 Å². The lowest BCUT2D eigenvalue weighted by Gasteiger charge is -2.33. The molecule has 7 aromatic rings. The van der Waals surface area contributed by atoms with Crippen molar-refractivity contribution in [2.24, 2.45) is 0 Å². The fraction of sp³-hybridized carbons (Fsp3) is 0.0612. The molecule has 0 radical (unpaired) electrons. The first kappa shape index (κ1) is 47.9. The van der Waals surface area contributed by atoms with Gasteiger partial charge in [0.15, 0.2) is 25.1 Å². The molecular weight excluding hydrogens is 935 g/mol. The zero-order valence-corrected chi connectivity index (χ0v) is 39.1. The van der Waals surface area contributed by atoms with Gasteiger partial charge in [0.2, 0.25) is 0 Å². The monoisotopic (exact) mass is 974 g/mol. The number of rotatable bonds is 21. The van der Waals surface area contributed by atoms with Gasteiger partial charge >= 0.3 is 17.1 Å². The minimum Gasteiger partial charge on any atom is -0.426 e. The number of hydrogen-bond donors (Lipinski definition) is 0. The van der Waals surface area contributed by atoms with E-state index in [-0.39, 0.29) is 66.3 Å². The zero-order valence-electron chi connectivity index (χ0n) is 35.7. The SMILES string of the molecule is Cc1ccc(S(=O)(=O)N(Cc2ccccc2N(P(Oc2ccccc2C=O)Oc2ccccc2C=O)S(=O)(=O)c2ccc(C)cc2)P(Oc2ccccc2C=O)Oc2ccccc2C=O)cc1. The number of hydrogen-bond acceptors (Lipinski definition) is 12. The van der Waals surface area contributed by atoms with Crippen molar-refractivity contribution in [3.05, 3.63) is 209 Å². The van der Waals surface area contributed by atoms with E-state index in [1.165, 1.54) is 91.0 Å². The Bertz CT molecular complexity index is 3030. The highest BCUT2D eigenvalue weighted by molar-refractivity contribution is 7.99. The van der Waals surface area contributed by atoms with Gasteiger partial charge in [0, 0.05) is 0 Å². The Morgan fingerprint density at radius 1 is 0.418 bits per heavy atom. The smallest absolute Gasteiger partial charge is 0.426 e. The number of nitrogens with zero attached hydrogens (tertiary/aromatic N) is 2. The van der Waals surface area contributed by atoms with E-state index in [1.54, 1.807) is 92.7 Å². The number of aryl methyl sites for hydroxylation is 2. The average molecular weight is 975 g/mol. The molecule has 0 heterocycles. The Kier molecular flexibility index (Phi) is 15.4. The Morgan fingerprint density at radius 2 is 0.746 bits per heavy atom. The summed E-state index contributed by atoms with van der Waals surface area (Å²) in [5.74, 6) is -0.238. The molecule has 0 aromatic heterocycles. The van der Waals surface area contributed by atoms with Crippen LogP contribution in [0.4, 0.5) is 5.69 Å². The van der Waals surface area contributed by atoms with Crippen molar-refractivity contribution < 1.29 is 54.1 Å². The molecule has 0 N–H and O–H groups in total. The maximum absolute atomic E-state index is 15.4. The van der Waals surface area contributed by atoms with Gasteiger partial charge in [-0.15, -0.1) is 4.08 Å². The molecule has 67 heavy (non-hydrogen) atoms. The molecule has 340 valence electrons. The van der Waals surface area contributed by atoms with E-state index >= 15 is 16.8 Å². The van der Waals surface area contributed by atoms with Crippen LogP contribution in [0.2, 0.25) is 0 Å². The molecule has 0 aliphatic carbocycles. The topological polar surface area (TPSA) is 180 Å². The summed E-state index contributed by atoms with van der Waals surface area (Å²) in [4.78, 5) is 48.9. The van der Waals surface area contributed by atoms with Crippen LogP contribution in [-0.2, 0) is 26.6 Å². The number of para-hydroxylation sites is 5. The highest BCUT2D eigenvalue weighted by Gasteiger charge is 2.43. The quantitative estimate of drug-likeness (QED) is 0.0492.